The van der Waals surface area contributed by atoms with E-state index in [2.05, 4.69) is 35.0 Å². The van der Waals surface area contributed by atoms with Crippen molar-refractivity contribution in [2.24, 2.45) is 11.1 Å². The van der Waals surface area contributed by atoms with E-state index in [1.165, 1.54) is 44.0 Å². The molecule has 1 aliphatic rings. The summed E-state index contributed by atoms with van der Waals surface area (Å²) in [4.78, 5) is 12.3. The molecule has 1 amide bonds. The first-order chi connectivity index (χ1) is 14.0. The van der Waals surface area contributed by atoms with Crippen LogP contribution in [0.5, 0.6) is 0 Å². The van der Waals surface area contributed by atoms with E-state index in [-0.39, 0.29) is 11.8 Å². The Kier molecular flexibility index (Phi) is 5.44. The summed E-state index contributed by atoms with van der Waals surface area (Å²) < 4.78 is 2.22. The summed E-state index contributed by atoms with van der Waals surface area (Å²) in [7, 11) is 0. The topological polar surface area (TPSA) is 60.9 Å². The number of carbonyl (C=O) groups is 1. The number of nitrogens with zero attached hydrogens (tertiary/aromatic N) is 2. The summed E-state index contributed by atoms with van der Waals surface area (Å²) in [5.74, 6) is -0.396. The second-order valence-corrected chi connectivity index (χ2v) is 8.98. The van der Waals surface area contributed by atoms with Gasteiger partial charge in [-0.05, 0) is 36.1 Å². The first kappa shape index (κ1) is 19.7. The van der Waals surface area contributed by atoms with Crippen LogP contribution < -0.4 is 5.73 Å². The lowest BCUT2D eigenvalue weighted by Crippen LogP contribution is -2.37. The molecule has 4 nitrogen and oxygen atoms in total. The van der Waals surface area contributed by atoms with E-state index >= 15 is 0 Å². The van der Waals surface area contributed by atoms with E-state index in [0.717, 1.165) is 16.5 Å². The van der Waals surface area contributed by atoms with Gasteiger partial charge in [0.15, 0.2) is 0 Å². The summed E-state index contributed by atoms with van der Waals surface area (Å²) in [6, 6.07) is 17.2. The molecule has 1 aromatic heterocycles. The lowest BCUT2D eigenvalue weighted by Gasteiger charge is -2.32. The third kappa shape index (κ3) is 3.81. The Bertz CT molecular complexity index is 982. The van der Waals surface area contributed by atoms with Crippen LogP contribution >= 0.6 is 0 Å². The molecule has 1 aliphatic carbocycles. The van der Waals surface area contributed by atoms with Crippen LogP contribution in [0.15, 0.2) is 54.7 Å². The highest BCUT2D eigenvalue weighted by atomic mass is 16.1. The van der Waals surface area contributed by atoms with Crippen LogP contribution in [0.1, 0.15) is 75.5 Å². The molecule has 1 atom stereocenters. The fourth-order valence-corrected chi connectivity index (χ4v) is 4.86. The highest BCUT2D eigenvalue weighted by Crippen LogP contribution is 2.42. The van der Waals surface area contributed by atoms with Gasteiger partial charge in [0.05, 0.1) is 23.2 Å². The van der Waals surface area contributed by atoms with E-state index in [9.17, 15) is 4.79 Å². The molecule has 1 heterocycles. The Labute approximate surface area is 173 Å². The predicted molar refractivity (Wildman–Crippen MR) is 118 cm³/mol. The van der Waals surface area contributed by atoms with Gasteiger partial charge in [-0.15, -0.1) is 0 Å². The van der Waals surface area contributed by atoms with Crippen LogP contribution in [-0.2, 0) is 4.79 Å². The first-order valence-corrected chi connectivity index (χ1v) is 10.8. The van der Waals surface area contributed by atoms with Crippen molar-refractivity contribution in [3.63, 3.8) is 0 Å². The fraction of sp³-hybridized carbons (Fsp3) is 0.440. The van der Waals surface area contributed by atoms with Crippen molar-refractivity contribution >= 4 is 16.8 Å². The summed E-state index contributed by atoms with van der Waals surface area (Å²) in [5, 5.41) is 5.89. The monoisotopic (exact) mass is 389 g/mol. The minimum Gasteiger partial charge on any atom is -0.369 e. The van der Waals surface area contributed by atoms with Gasteiger partial charge in [0.2, 0.25) is 5.91 Å². The molecular weight excluding hydrogens is 358 g/mol. The zero-order valence-electron chi connectivity index (χ0n) is 17.5. The van der Waals surface area contributed by atoms with Gasteiger partial charge in [-0.25, -0.2) is 0 Å². The molecule has 2 N–H and O–H groups in total. The molecule has 3 aromatic rings. The van der Waals surface area contributed by atoms with Crippen LogP contribution in [0.25, 0.3) is 10.9 Å². The maximum atomic E-state index is 12.3. The van der Waals surface area contributed by atoms with E-state index < -0.39 is 5.41 Å². The Morgan fingerprint density at radius 3 is 2.38 bits per heavy atom. The van der Waals surface area contributed by atoms with E-state index in [0.29, 0.717) is 6.04 Å². The van der Waals surface area contributed by atoms with Gasteiger partial charge in [-0.2, -0.15) is 5.10 Å². The number of primary amides is 1. The molecule has 4 heteroatoms. The number of rotatable bonds is 5. The molecule has 0 bridgehead atoms. The van der Waals surface area contributed by atoms with Crippen LogP contribution in [0.3, 0.4) is 0 Å². The smallest absolute Gasteiger partial charge is 0.224 e. The molecule has 1 saturated carbocycles. The largest absolute Gasteiger partial charge is 0.369 e. The van der Waals surface area contributed by atoms with Gasteiger partial charge >= 0.3 is 0 Å². The maximum absolute atomic E-state index is 12.3. The fourth-order valence-electron chi connectivity index (χ4n) is 4.86. The molecular formula is C25H31N3O. The number of fused-ring (bicyclic) bond motifs is 1. The van der Waals surface area contributed by atoms with Crippen molar-refractivity contribution in [2.45, 2.75) is 64.3 Å². The zero-order chi connectivity index (χ0) is 20.4. The average Bonchev–Trinajstić information content (AvgIpc) is 2.94. The van der Waals surface area contributed by atoms with E-state index in [1.807, 2.05) is 38.2 Å². The lowest BCUT2D eigenvalue weighted by atomic mass is 9.70. The first-order valence-electron chi connectivity index (χ1n) is 10.8. The number of nitrogens with two attached hydrogens (primary N) is 1. The molecule has 0 saturated heterocycles. The molecule has 1 fully saturated rings. The molecule has 0 aliphatic heterocycles. The molecule has 152 valence electrons. The number of benzene rings is 2. The second-order valence-electron chi connectivity index (χ2n) is 8.98. The van der Waals surface area contributed by atoms with Crippen molar-refractivity contribution in [2.75, 3.05) is 0 Å². The minimum absolute atomic E-state index is 0.105. The van der Waals surface area contributed by atoms with Crippen molar-refractivity contribution in [3.05, 3.63) is 65.9 Å². The van der Waals surface area contributed by atoms with Crippen molar-refractivity contribution in [1.29, 1.82) is 0 Å². The van der Waals surface area contributed by atoms with Gasteiger partial charge in [-0.1, -0.05) is 75.9 Å². The number of amides is 1. The lowest BCUT2D eigenvalue weighted by molar-refractivity contribution is -0.126. The highest BCUT2D eigenvalue weighted by Gasteiger charge is 2.37. The van der Waals surface area contributed by atoms with Gasteiger partial charge < -0.3 is 5.73 Å². The van der Waals surface area contributed by atoms with E-state index in [1.54, 1.807) is 0 Å². The molecule has 2 aromatic carbocycles. The van der Waals surface area contributed by atoms with Crippen LogP contribution in [0.4, 0.5) is 0 Å². The maximum Gasteiger partial charge on any atom is 0.224 e. The molecule has 0 radical (unpaired) electrons. The molecule has 29 heavy (non-hydrogen) atoms. The Morgan fingerprint density at radius 1 is 1.03 bits per heavy atom. The number of carbonyl (C=O) groups excluding carboxylic acids is 1. The quantitative estimate of drug-likeness (QED) is 0.579. The predicted octanol–water partition coefficient (Wildman–Crippen LogP) is 5.58. The molecule has 0 spiro atoms. The van der Waals surface area contributed by atoms with Gasteiger partial charge in [0, 0.05) is 11.3 Å². The third-order valence-corrected chi connectivity index (χ3v) is 6.61. The van der Waals surface area contributed by atoms with Gasteiger partial charge in [0.1, 0.15) is 0 Å². The Hall–Kier alpha value is -2.62. The Morgan fingerprint density at radius 2 is 1.72 bits per heavy atom. The molecule has 1 unspecified atom stereocenters. The van der Waals surface area contributed by atoms with Crippen molar-refractivity contribution in [1.82, 2.24) is 9.78 Å². The van der Waals surface area contributed by atoms with Crippen LogP contribution in [-0.4, -0.2) is 15.7 Å². The van der Waals surface area contributed by atoms with Crippen LogP contribution in [0.2, 0.25) is 0 Å². The standard InChI is InChI=1S/C25H31N3O/c1-25(2,24(26)29)23(18-10-6-5-7-11-18)19-14-15-22-20(16-19)17-27-28(22)21-12-8-3-4-9-13-21/h5-7,10-11,14-17,21,23H,3-4,8-9,12-13H2,1-2H3,(H2,26,29). The van der Waals surface area contributed by atoms with Crippen molar-refractivity contribution in [3.8, 4) is 0 Å². The van der Waals surface area contributed by atoms with Gasteiger partial charge in [-0.3, -0.25) is 9.48 Å². The van der Waals surface area contributed by atoms with E-state index in [4.69, 9.17) is 10.8 Å². The number of aromatic nitrogens is 2. The zero-order valence-corrected chi connectivity index (χ0v) is 17.5. The summed E-state index contributed by atoms with van der Waals surface area (Å²) >= 11 is 0. The third-order valence-electron chi connectivity index (χ3n) is 6.61. The van der Waals surface area contributed by atoms with Crippen molar-refractivity contribution < 1.29 is 4.79 Å². The average molecular weight is 390 g/mol. The highest BCUT2D eigenvalue weighted by molar-refractivity contribution is 5.83. The SMILES string of the molecule is CC(C)(C(N)=O)C(c1ccccc1)c1ccc2c(cnn2C2CCCCCC2)c1. The summed E-state index contributed by atoms with van der Waals surface area (Å²) in [6.07, 6.45) is 9.63. The number of hydrogen-bond donors (Lipinski definition) is 1. The summed E-state index contributed by atoms with van der Waals surface area (Å²) in [6.45, 7) is 3.87. The second kappa shape index (κ2) is 8.02. The number of hydrogen-bond acceptors (Lipinski definition) is 2. The normalized spacial score (nSPS) is 17.2. The summed E-state index contributed by atoms with van der Waals surface area (Å²) in [5.41, 5.74) is 8.51. The molecule has 4 rings (SSSR count). The minimum atomic E-state index is -0.702. The van der Waals surface area contributed by atoms with Gasteiger partial charge in [0.25, 0.3) is 0 Å². The van der Waals surface area contributed by atoms with Crippen LogP contribution in [0, 0.1) is 5.41 Å². The Balaban J connectivity index is 1.76.